The maximum atomic E-state index is 12.6. The molecule has 1 atom stereocenters. The maximum Gasteiger partial charge on any atom is 0.410 e. The molecule has 0 radical (unpaired) electrons. The van der Waals surface area contributed by atoms with Gasteiger partial charge in [-0.2, -0.15) is 0 Å². The highest BCUT2D eigenvalue weighted by Gasteiger charge is 2.30. The van der Waals surface area contributed by atoms with E-state index < -0.39 is 0 Å². The number of hydrogen-bond acceptors (Lipinski definition) is 3. The van der Waals surface area contributed by atoms with Crippen molar-refractivity contribution < 1.29 is 9.53 Å². The van der Waals surface area contributed by atoms with Crippen molar-refractivity contribution in [2.45, 2.75) is 38.8 Å². The van der Waals surface area contributed by atoms with Crippen molar-refractivity contribution in [2.75, 3.05) is 6.54 Å². The normalized spacial score (nSPS) is 17.5. The van der Waals surface area contributed by atoms with Gasteiger partial charge in [0.1, 0.15) is 11.2 Å². The van der Waals surface area contributed by atoms with E-state index in [4.69, 9.17) is 17.0 Å². The number of benzene rings is 1. The molecule has 0 aliphatic carbocycles. The van der Waals surface area contributed by atoms with Crippen LogP contribution in [0.4, 0.5) is 4.79 Å². The summed E-state index contributed by atoms with van der Waals surface area (Å²) in [6.45, 7) is 3.08. The van der Waals surface area contributed by atoms with E-state index in [1.807, 2.05) is 54.4 Å². The number of pyridine rings is 1. The van der Waals surface area contributed by atoms with Gasteiger partial charge < -0.3 is 14.6 Å². The lowest BCUT2D eigenvalue weighted by atomic mass is 9.94. The van der Waals surface area contributed by atoms with Crippen molar-refractivity contribution in [1.82, 2.24) is 9.88 Å². The van der Waals surface area contributed by atoms with E-state index in [-0.39, 0.29) is 12.1 Å². The topological polar surface area (TPSA) is 45.3 Å². The van der Waals surface area contributed by atoms with Gasteiger partial charge in [0.15, 0.2) is 0 Å². The molecule has 1 fully saturated rings. The molecular formula is C19H22N2O2S. The van der Waals surface area contributed by atoms with E-state index in [1.165, 1.54) is 0 Å². The third-order valence-electron chi connectivity index (χ3n) is 4.47. The molecule has 1 aliphatic rings. The number of nitrogens with zero attached hydrogens (tertiary/aromatic N) is 1. The number of piperidine rings is 1. The third-order valence-corrected chi connectivity index (χ3v) is 4.71. The van der Waals surface area contributed by atoms with Gasteiger partial charge in [0.05, 0.1) is 6.04 Å². The van der Waals surface area contributed by atoms with Gasteiger partial charge in [0.2, 0.25) is 0 Å². The van der Waals surface area contributed by atoms with E-state index in [0.717, 1.165) is 42.5 Å². The van der Waals surface area contributed by atoms with E-state index in [2.05, 4.69) is 4.98 Å². The molecule has 1 amide bonds. The highest BCUT2D eigenvalue weighted by Crippen LogP contribution is 2.32. The highest BCUT2D eigenvalue weighted by atomic mass is 32.1. The molecule has 1 aliphatic heterocycles. The van der Waals surface area contributed by atoms with Crippen LogP contribution in [-0.2, 0) is 11.3 Å². The number of aryl methyl sites for hydroxylation is 1. The largest absolute Gasteiger partial charge is 0.445 e. The number of hydrogen-bond donors (Lipinski definition) is 1. The quantitative estimate of drug-likeness (QED) is 0.806. The smallest absolute Gasteiger partial charge is 0.410 e. The van der Waals surface area contributed by atoms with E-state index in [1.54, 1.807) is 0 Å². The van der Waals surface area contributed by atoms with Crippen molar-refractivity contribution >= 4 is 18.3 Å². The molecule has 1 aromatic carbocycles. The fourth-order valence-electron chi connectivity index (χ4n) is 3.22. The lowest BCUT2D eigenvalue weighted by Gasteiger charge is -2.35. The van der Waals surface area contributed by atoms with Gasteiger partial charge in [-0.3, -0.25) is 0 Å². The highest BCUT2D eigenvalue weighted by molar-refractivity contribution is 7.71. The Morgan fingerprint density at radius 1 is 1.33 bits per heavy atom. The Morgan fingerprint density at radius 3 is 2.88 bits per heavy atom. The SMILES string of the molecule is Cc1cc(=S)[nH]cc1[C@@H]1CCCCN1C(=O)OCc1ccccc1. The van der Waals surface area contributed by atoms with Gasteiger partial charge in [-0.1, -0.05) is 42.5 Å². The molecule has 4 nitrogen and oxygen atoms in total. The molecule has 3 rings (SSSR count). The first-order valence-electron chi connectivity index (χ1n) is 8.31. The van der Waals surface area contributed by atoms with Crippen LogP contribution in [0, 0.1) is 11.6 Å². The summed E-state index contributed by atoms with van der Waals surface area (Å²) < 4.78 is 6.25. The first kappa shape index (κ1) is 16.7. The monoisotopic (exact) mass is 342 g/mol. The van der Waals surface area contributed by atoms with Gasteiger partial charge in [-0.25, -0.2) is 4.79 Å². The standard InChI is InChI=1S/C19H22N2O2S/c1-14-11-18(24)20-12-16(14)17-9-5-6-10-21(17)19(22)23-13-15-7-3-2-4-8-15/h2-4,7-8,11-12,17H,5-6,9-10,13H2,1H3,(H,20,24)/t17-/m0/s1. The predicted octanol–water partition coefficient (Wildman–Crippen LogP) is 4.92. The molecule has 1 aromatic heterocycles. The average molecular weight is 342 g/mol. The fraction of sp³-hybridized carbons (Fsp3) is 0.368. The molecule has 0 saturated carbocycles. The van der Waals surface area contributed by atoms with Gasteiger partial charge in [0.25, 0.3) is 0 Å². The lowest BCUT2D eigenvalue weighted by Crippen LogP contribution is -2.39. The summed E-state index contributed by atoms with van der Waals surface area (Å²) in [5, 5.41) is 0. The summed E-state index contributed by atoms with van der Waals surface area (Å²) in [6.07, 6.45) is 4.77. The number of likely N-dealkylation sites (tertiary alicyclic amines) is 1. The number of aromatic amines is 1. The van der Waals surface area contributed by atoms with Crippen molar-refractivity contribution in [1.29, 1.82) is 0 Å². The Balaban J connectivity index is 1.74. The number of carbonyl (C=O) groups is 1. The number of carbonyl (C=O) groups excluding carboxylic acids is 1. The molecule has 0 bridgehead atoms. The Hall–Kier alpha value is -2.14. The number of amides is 1. The molecule has 0 unspecified atom stereocenters. The summed E-state index contributed by atoms with van der Waals surface area (Å²) in [6, 6.07) is 11.8. The molecule has 1 N–H and O–H groups in total. The number of H-pyrrole nitrogens is 1. The van der Waals surface area contributed by atoms with Crippen molar-refractivity contribution in [3.05, 3.63) is 63.9 Å². The summed E-state index contributed by atoms with van der Waals surface area (Å²) in [7, 11) is 0. The molecule has 2 aromatic rings. The lowest BCUT2D eigenvalue weighted by molar-refractivity contribution is 0.0677. The molecule has 5 heteroatoms. The van der Waals surface area contributed by atoms with E-state index >= 15 is 0 Å². The van der Waals surface area contributed by atoms with Crippen molar-refractivity contribution in [3.63, 3.8) is 0 Å². The Labute approximate surface area is 147 Å². The number of aromatic nitrogens is 1. The minimum Gasteiger partial charge on any atom is -0.445 e. The van der Waals surface area contributed by atoms with Gasteiger partial charge >= 0.3 is 6.09 Å². The first-order chi connectivity index (χ1) is 11.6. The molecule has 1 saturated heterocycles. The van der Waals surface area contributed by atoms with Crippen LogP contribution in [0.2, 0.25) is 0 Å². The Bertz CT molecular complexity index is 757. The number of nitrogens with one attached hydrogen (secondary N) is 1. The van der Waals surface area contributed by atoms with Crippen LogP contribution < -0.4 is 0 Å². The predicted molar refractivity (Wildman–Crippen MR) is 96.3 cm³/mol. The van der Waals surface area contributed by atoms with Crippen LogP contribution in [0.3, 0.4) is 0 Å². The Morgan fingerprint density at radius 2 is 2.12 bits per heavy atom. The zero-order valence-corrected chi connectivity index (χ0v) is 14.6. The van der Waals surface area contributed by atoms with Gasteiger partial charge in [-0.05, 0) is 48.9 Å². The summed E-state index contributed by atoms with van der Waals surface area (Å²) >= 11 is 5.18. The second-order valence-corrected chi connectivity index (χ2v) is 6.62. The molecule has 24 heavy (non-hydrogen) atoms. The second kappa shape index (κ2) is 7.62. The zero-order valence-electron chi connectivity index (χ0n) is 13.8. The molecule has 0 spiro atoms. The van der Waals surface area contributed by atoms with Crippen molar-refractivity contribution in [3.8, 4) is 0 Å². The number of ether oxygens (including phenoxy) is 1. The van der Waals surface area contributed by atoms with E-state index in [9.17, 15) is 4.79 Å². The molecular weight excluding hydrogens is 320 g/mol. The van der Waals surface area contributed by atoms with Crippen LogP contribution in [0.25, 0.3) is 0 Å². The minimum atomic E-state index is -0.245. The average Bonchev–Trinajstić information content (AvgIpc) is 2.61. The first-order valence-corrected chi connectivity index (χ1v) is 8.72. The Kier molecular flexibility index (Phi) is 5.30. The second-order valence-electron chi connectivity index (χ2n) is 6.18. The van der Waals surface area contributed by atoms with Crippen LogP contribution in [0.15, 0.2) is 42.6 Å². The maximum absolute atomic E-state index is 12.6. The van der Waals surface area contributed by atoms with Gasteiger partial charge in [0, 0.05) is 12.7 Å². The molecule has 2 heterocycles. The van der Waals surface area contributed by atoms with Crippen LogP contribution in [0.1, 0.15) is 42.0 Å². The summed E-state index contributed by atoms with van der Waals surface area (Å²) in [5.41, 5.74) is 3.24. The van der Waals surface area contributed by atoms with E-state index in [0.29, 0.717) is 11.2 Å². The fourth-order valence-corrected chi connectivity index (χ4v) is 3.45. The van der Waals surface area contributed by atoms with Gasteiger partial charge in [-0.15, -0.1) is 0 Å². The van der Waals surface area contributed by atoms with Crippen LogP contribution >= 0.6 is 12.2 Å². The molecule has 126 valence electrons. The zero-order chi connectivity index (χ0) is 16.9. The minimum absolute atomic E-state index is 0.0499. The summed E-state index contributed by atoms with van der Waals surface area (Å²) in [4.78, 5) is 17.6. The van der Waals surface area contributed by atoms with Crippen molar-refractivity contribution in [2.24, 2.45) is 0 Å². The summed E-state index contributed by atoms with van der Waals surface area (Å²) in [5.74, 6) is 0. The number of rotatable bonds is 3. The van der Waals surface area contributed by atoms with Crippen LogP contribution in [-0.4, -0.2) is 22.5 Å². The van der Waals surface area contributed by atoms with Crippen LogP contribution in [0.5, 0.6) is 0 Å². The third kappa shape index (κ3) is 3.85.